The van der Waals surface area contributed by atoms with Crippen LogP contribution in [-0.2, 0) is 0 Å². The summed E-state index contributed by atoms with van der Waals surface area (Å²) in [6.45, 7) is 6.04. The summed E-state index contributed by atoms with van der Waals surface area (Å²) < 4.78 is 1.40. The van der Waals surface area contributed by atoms with E-state index in [1.54, 1.807) is 6.20 Å². The third-order valence-electron chi connectivity index (χ3n) is 3.39. The largest absolute Gasteiger partial charge is 0.347 e. The van der Waals surface area contributed by atoms with Gasteiger partial charge in [-0.3, -0.25) is 0 Å². The summed E-state index contributed by atoms with van der Waals surface area (Å²) in [6, 6.07) is 11.6. The molecule has 0 saturated heterocycles. The fourth-order valence-corrected chi connectivity index (χ4v) is 2.54. The van der Waals surface area contributed by atoms with Crippen molar-refractivity contribution in [2.45, 2.75) is 20.8 Å². The molecule has 1 N–H and O–H groups in total. The van der Waals surface area contributed by atoms with E-state index in [0.29, 0.717) is 0 Å². The van der Waals surface area contributed by atoms with E-state index in [2.05, 4.69) is 16.5 Å². The first-order valence-electron chi connectivity index (χ1n) is 6.87. The Morgan fingerprint density at radius 1 is 1.00 bits per heavy atom. The third-order valence-corrected chi connectivity index (χ3v) is 3.39. The van der Waals surface area contributed by atoms with Gasteiger partial charge in [0.15, 0.2) is 0 Å². The lowest BCUT2D eigenvalue weighted by atomic mass is 10.1. The molecule has 0 fully saturated rings. The van der Waals surface area contributed by atoms with Crippen molar-refractivity contribution in [1.82, 2.24) is 9.78 Å². The SMILES string of the molecule is Cc1cc(C)cc(NC(=O)n2ncc3cc(C)ccc32)c1. The van der Waals surface area contributed by atoms with Crippen molar-refractivity contribution >= 4 is 22.6 Å². The molecule has 2 aromatic carbocycles. The number of nitrogens with zero attached hydrogens (tertiary/aromatic N) is 2. The molecule has 3 rings (SSSR count). The zero-order valence-electron chi connectivity index (χ0n) is 12.3. The van der Waals surface area contributed by atoms with E-state index in [1.165, 1.54) is 4.68 Å². The van der Waals surface area contributed by atoms with Gasteiger partial charge in [0.05, 0.1) is 11.7 Å². The van der Waals surface area contributed by atoms with E-state index < -0.39 is 0 Å². The number of hydrogen-bond donors (Lipinski definition) is 1. The Morgan fingerprint density at radius 2 is 1.71 bits per heavy atom. The minimum Gasteiger partial charge on any atom is -0.306 e. The molecule has 0 aliphatic heterocycles. The summed E-state index contributed by atoms with van der Waals surface area (Å²) in [4.78, 5) is 12.4. The van der Waals surface area contributed by atoms with Crippen molar-refractivity contribution in [3.05, 3.63) is 59.3 Å². The maximum atomic E-state index is 12.4. The maximum Gasteiger partial charge on any atom is 0.347 e. The lowest BCUT2D eigenvalue weighted by Crippen LogP contribution is -2.20. The zero-order valence-corrected chi connectivity index (χ0v) is 12.3. The number of aromatic nitrogens is 2. The van der Waals surface area contributed by atoms with E-state index in [-0.39, 0.29) is 6.03 Å². The van der Waals surface area contributed by atoms with Crippen molar-refractivity contribution < 1.29 is 4.79 Å². The molecule has 21 heavy (non-hydrogen) atoms. The molecule has 0 atom stereocenters. The molecule has 0 unspecified atom stereocenters. The number of anilines is 1. The summed E-state index contributed by atoms with van der Waals surface area (Å²) in [5.74, 6) is 0. The monoisotopic (exact) mass is 279 g/mol. The summed E-state index contributed by atoms with van der Waals surface area (Å²) >= 11 is 0. The second-order valence-electron chi connectivity index (χ2n) is 5.43. The Balaban J connectivity index is 1.93. The van der Waals surface area contributed by atoms with Crippen LogP contribution in [-0.4, -0.2) is 15.8 Å². The van der Waals surface area contributed by atoms with Gasteiger partial charge in [-0.05, 0) is 56.2 Å². The number of rotatable bonds is 1. The Morgan fingerprint density at radius 3 is 2.43 bits per heavy atom. The first-order chi connectivity index (χ1) is 10.0. The van der Waals surface area contributed by atoms with Crippen LogP contribution in [0.2, 0.25) is 0 Å². The predicted molar refractivity (Wildman–Crippen MR) is 84.8 cm³/mol. The number of fused-ring (bicyclic) bond motifs is 1. The lowest BCUT2D eigenvalue weighted by molar-refractivity contribution is 0.252. The van der Waals surface area contributed by atoms with Crippen LogP contribution >= 0.6 is 0 Å². The van der Waals surface area contributed by atoms with Gasteiger partial charge in [0.2, 0.25) is 0 Å². The average molecular weight is 279 g/mol. The van der Waals surface area contributed by atoms with Gasteiger partial charge in [-0.25, -0.2) is 4.79 Å². The van der Waals surface area contributed by atoms with Crippen molar-refractivity contribution in [3.8, 4) is 0 Å². The van der Waals surface area contributed by atoms with Crippen LogP contribution in [0.4, 0.5) is 10.5 Å². The smallest absolute Gasteiger partial charge is 0.306 e. The van der Waals surface area contributed by atoms with Gasteiger partial charge in [0.1, 0.15) is 0 Å². The molecule has 4 heteroatoms. The third kappa shape index (κ3) is 2.65. The van der Waals surface area contributed by atoms with E-state index >= 15 is 0 Å². The van der Waals surface area contributed by atoms with Gasteiger partial charge in [0, 0.05) is 11.1 Å². The molecule has 4 nitrogen and oxygen atoms in total. The summed E-state index contributed by atoms with van der Waals surface area (Å²) in [5, 5.41) is 8.04. The molecular formula is C17H17N3O. The maximum absolute atomic E-state index is 12.4. The molecule has 0 radical (unpaired) electrons. The number of carbonyl (C=O) groups is 1. The number of carbonyl (C=O) groups excluding carboxylic acids is 1. The Labute approximate surface area is 123 Å². The summed E-state index contributed by atoms with van der Waals surface area (Å²) in [6.07, 6.45) is 1.71. The fraction of sp³-hybridized carbons (Fsp3) is 0.176. The first-order valence-corrected chi connectivity index (χ1v) is 6.87. The highest BCUT2D eigenvalue weighted by atomic mass is 16.2. The van der Waals surface area contributed by atoms with Crippen LogP contribution in [0.3, 0.4) is 0 Å². The van der Waals surface area contributed by atoms with E-state index in [1.807, 2.05) is 51.1 Å². The topological polar surface area (TPSA) is 46.9 Å². The Bertz CT molecular complexity index is 813. The van der Waals surface area contributed by atoms with Gasteiger partial charge in [-0.2, -0.15) is 9.78 Å². The van der Waals surface area contributed by atoms with Crippen molar-refractivity contribution in [2.24, 2.45) is 0 Å². The molecule has 1 amide bonds. The first kappa shape index (κ1) is 13.4. The fourth-order valence-electron chi connectivity index (χ4n) is 2.54. The Hall–Kier alpha value is -2.62. The van der Waals surface area contributed by atoms with Gasteiger partial charge < -0.3 is 5.32 Å². The second kappa shape index (κ2) is 5.05. The normalized spacial score (nSPS) is 10.8. The van der Waals surface area contributed by atoms with Crippen LogP contribution in [0.15, 0.2) is 42.6 Å². The van der Waals surface area contributed by atoms with Gasteiger partial charge in [0.25, 0.3) is 0 Å². The highest BCUT2D eigenvalue weighted by Gasteiger charge is 2.11. The molecule has 1 heterocycles. The lowest BCUT2D eigenvalue weighted by Gasteiger charge is -2.08. The molecule has 0 saturated carbocycles. The molecule has 0 aliphatic rings. The van der Waals surface area contributed by atoms with Gasteiger partial charge in [-0.1, -0.05) is 17.7 Å². The Kier molecular flexibility index (Phi) is 3.22. The highest BCUT2D eigenvalue weighted by Crippen LogP contribution is 2.17. The van der Waals surface area contributed by atoms with E-state index in [4.69, 9.17) is 0 Å². The van der Waals surface area contributed by atoms with Crippen molar-refractivity contribution in [2.75, 3.05) is 5.32 Å². The van der Waals surface area contributed by atoms with Crippen LogP contribution in [0.1, 0.15) is 16.7 Å². The minimum atomic E-state index is -0.251. The number of benzene rings is 2. The van der Waals surface area contributed by atoms with Crippen LogP contribution in [0.25, 0.3) is 10.9 Å². The van der Waals surface area contributed by atoms with E-state index in [0.717, 1.165) is 33.3 Å². The number of aryl methyl sites for hydroxylation is 3. The summed E-state index contributed by atoms with van der Waals surface area (Å²) in [7, 11) is 0. The summed E-state index contributed by atoms with van der Waals surface area (Å²) in [5.41, 5.74) is 4.98. The van der Waals surface area contributed by atoms with Gasteiger partial charge in [-0.15, -0.1) is 0 Å². The highest BCUT2D eigenvalue weighted by molar-refractivity contribution is 5.97. The van der Waals surface area contributed by atoms with Crippen LogP contribution < -0.4 is 5.32 Å². The van der Waals surface area contributed by atoms with Crippen LogP contribution in [0.5, 0.6) is 0 Å². The quantitative estimate of drug-likeness (QED) is 0.730. The molecule has 0 aliphatic carbocycles. The second-order valence-corrected chi connectivity index (χ2v) is 5.43. The van der Waals surface area contributed by atoms with E-state index in [9.17, 15) is 4.79 Å². The van der Waals surface area contributed by atoms with Crippen LogP contribution in [0, 0.1) is 20.8 Å². The molecule has 0 spiro atoms. The van der Waals surface area contributed by atoms with Crippen molar-refractivity contribution in [1.29, 1.82) is 0 Å². The van der Waals surface area contributed by atoms with Gasteiger partial charge >= 0.3 is 6.03 Å². The predicted octanol–water partition coefficient (Wildman–Crippen LogP) is 4.04. The molecule has 1 aromatic heterocycles. The molecule has 3 aromatic rings. The van der Waals surface area contributed by atoms with Crippen molar-refractivity contribution in [3.63, 3.8) is 0 Å². The number of nitrogens with one attached hydrogen (secondary N) is 1. The number of hydrogen-bond acceptors (Lipinski definition) is 2. The average Bonchev–Trinajstić information content (AvgIpc) is 2.80. The zero-order chi connectivity index (χ0) is 15.0. The molecular weight excluding hydrogens is 262 g/mol. The number of amides is 1. The minimum absolute atomic E-state index is 0.251. The molecule has 106 valence electrons. The standard InChI is InChI=1S/C17H17N3O/c1-11-4-5-16-14(7-11)10-18-20(16)17(21)19-15-8-12(2)6-13(3)9-15/h4-10H,1-3H3,(H,19,21). The molecule has 0 bridgehead atoms.